The molecular formula is C29H29Cl4NO2. The number of benzene rings is 3. The molecule has 190 valence electrons. The third-order valence-corrected chi connectivity index (χ3v) is 8.44. The molecule has 0 spiro atoms. The Morgan fingerprint density at radius 1 is 0.806 bits per heavy atom. The zero-order chi connectivity index (χ0) is 25.8. The lowest BCUT2D eigenvalue weighted by molar-refractivity contribution is -0.141. The lowest BCUT2D eigenvalue weighted by Crippen LogP contribution is -2.53. The molecule has 1 aliphatic rings. The highest BCUT2D eigenvalue weighted by atomic mass is 35.5. The van der Waals surface area contributed by atoms with Gasteiger partial charge in [-0.3, -0.25) is 4.79 Å². The van der Waals surface area contributed by atoms with Gasteiger partial charge in [-0.2, -0.15) is 0 Å². The van der Waals surface area contributed by atoms with Crippen molar-refractivity contribution in [1.82, 2.24) is 4.90 Å². The lowest BCUT2D eigenvalue weighted by atomic mass is 9.79. The molecule has 1 heterocycles. The number of aliphatic hydroxyl groups is 1. The van der Waals surface area contributed by atoms with Gasteiger partial charge in [0.1, 0.15) is 0 Å². The third-order valence-electron chi connectivity index (χ3n) is 6.96. The molecule has 3 aromatic carbocycles. The van der Waals surface area contributed by atoms with Crippen molar-refractivity contribution in [3.8, 4) is 0 Å². The van der Waals surface area contributed by atoms with Gasteiger partial charge in [-0.15, -0.1) is 0 Å². The van der Waals surface area contributed by atoms with Crippen LogP contribution in [0.15, 0.2) is 66.7 Å². The zero-order valence-electron chi connectivity index (χ0n) is 20.0. The van der Waals surface area contributed by atoms with Gasteiger partial charge >= 0.3 is 0 Å². The lowest BCUT2D eigenvalue weighted by Gasteiger charge is -2.43. The maximum absolute atomic E-state index is 13.6. The highest BCUT2D eigenvalue weighted by Gasteiger charge is 2.38. The number of hydrogen-bond acceptors (Lipinski definition) is 2. The fourth-order valence-electron chi connectivity index (χ4n) is 5.10. The molecule has 7 heteroatoms. The topological polar surface area (TPSA) is 40.5 Å². The van der Waals surface area contributed by atoms with Crippen LogP contribution in [-0.4, -0.2) is 35.1 Å². The van der Waals surface area contributed by atoms with Crippen molar-refractivity contribution in [3.63, 3.8) is 0 Å². The smallest absolute Gasteiger partial charge is 0.225 e. The second kappa shape index (κ2) is 12.2. The highest BCUT2D eigenvalue weighted by molar-refractivity contribution is 6.42. The Hall–Kier alpha value is -1.75. The summed E-state index contributed by atoms with van der Waals surface area (Å²) in [6, 6.07) is 21.1. The number of amides is 1. The van der Waals surface area contributed by atoms with Crippen LogP contribution in [0, 0.1) is 17.8 Å². The summed E-state index contributed by atoms with van der Waals surface area (Å²) < 4.78 is 0. The molecule has 0 bridgehead atoms. The van der Waals surface area contributed by atoms with Crippen molar-refractivity contribution in [2.24, 2.45) is 17.8 Å². The van der Waals surface area contributed by atoms with Gasteiger partial charge in [-0.1, -0.05) is 95.8 Å². The molecular weight excluding hydrogens is 536 g/mol. The molecule has 3 nitrogen and oxygen atoms in total. The Balaban J connectivity index is 1.56. The molecule has 2 unspecified atom stereocenters. The summed E-state index contributed by atoms with van der Waals surface area (Å²) in [6.45, 7) is 2.94. The molecule has 0 saturated carbocycles. The molecule has 4 rings (SSSR count). The normalized spacial score (nSPS) is 20.8. The van der Waals surface area contributed by atoms with Crippen LogP contribution in [0.5, 0.6) is 0 Å². The second-order valence-electron chi connectivity index (χ2n) is 9.75. The summed E-state index contributed by atoms with van der Waals surface area (Å²) in [4.78, 5) is 15.5. The van der Waals surface area contributed by atoms with Gasteiger partial charge in [-0.05, 0) is 60.2 Å². The minimum absolute atomic E-state index is 0.101. The van der Waals surface area contributed by atoms with Gasteiger partial charge in [0.2, 0.25) is 5.91 Å². The number of carbonyl (C=O) groups is 1. The third kappa shape index (κ3) is 6.76. The number of hydrogen-bond donors (Lipinski definition) is 1. The molecule has 0 radical (unpaired) electrons. The van der Waals surface area contributed by atoms with Crippen LogP contribution in [0.2, 0.25) is 20.1 Å². The van der Waals surface area contributed by atoms with Gasteiger partial charge in [0.25, 0.3) is 0 Å². The van der Waals surface area contributed by atoms with E-state index in [-0.39, 0.29) is 23.7 Å². The number of piperidine rings is 1. The van der Waals surface area contributed by atoms with Crippen LogP contribution in [-0.2, 0) is 24.1 Å². The predicted octanol–water partition coefficient (Wildman–Crippen LogP) is 7.40. The average Bonchev–Trinajstić information content (AvgIpc) is 2.86. The fourth-order valence-corrected chi connectivity index (χ4v) is 5.74. The fraction of sp³-hybridized carbons (Fsp3) is 0.345. The Morgan fingerprint density at radius 3 is 1.78 bits per heavy atom. The van der Waals surface area contributed by atoms with E-state index < -0.39 is 6.10 Å². The van der Waals surface area contributed by atoms with Crippen molar-refractivity contribution in [3.05, 3.63) is 104 Å². The number of likely N-dealkylation sites (tertiary alicyclic amines) is 1. The first-order chi connectivity index (χ1) is 17.2. The monoisotopic (exact) mass is 563 g/mol. The summed E-state index contributed by atoms with van der Waals surface area (Å²) >= 11 is 24.7. The van der Waals surface area contributed by atoms with E-state index in [1.54, 1.807) is 12.1 Å². The van der Waals surface area contributed by atoms with Crippen molar-refractivity contribution in [1.29, 1.82) is 0 Å². The number of halogens is 4. The quantitative estimate of drug-likeness (QED) is 0.325. The Bertz CT molecular complexity index is 1140. The van der Waals surface area contributed by atoms with Crippen molar-refractivity contribution >= 4 is 52.3 Å². The van der Waals surface area contributed by atoms with Gasteiger partial charge in [-0.25, -0.2) is 0 Å². The number of carbonyl (C=O) groups excluding carboxylic acids is 1. The minimum Gasteiger partial charge on any atom is -0.392 e. The van der Waals surface area contributed by atoms with E-state index in [0.29, 0.717) is 52.4 Å². The van der Waals surface area contributed by atoms with Crippen molar-refractivity contribution in [2.45, 2.75) is 32.3 Å². The number of aliphatic hydroxyl groups excluding tert-OH is 1. The Labute approximate surface area is 232 Å². The van der Waals surface area contributed by atoms with Crippen molar-refractivity contribution < 1.29 is 9.90 Å². The van der Waals surface area contributed by atoms with Crippen LogP contribution in [0.4, 0.5) is 0 Å². The van der Waals surface area contributed by atoms with E-state index in [0.717, 1.165) is 16.7 Å². The Kier molecular flexibility index (Phi) is 9.24. The van der Waals surface area contributed by atoms with Crippen LogP contribution in [0.3, 0.4) is 0 Å². The first-order valence-electron chi connectivity index (χ1n) is 12.1. The summed E-state index contributed by atoms with van der Waals surface area (Å²) in [5.41, 5.74) is 3.09. The predicted molar refractivity (Wildman–Crippen MR) is 149 cm³/mol. The molecule has 1 fully saturated rings. The Morgan fingerprint density at radius 2 is 1.31 bits per heavy atom. The van der Waals surface area contributed by atoms with Gasteiger partial charge < -0.3 is 10.0 Å². The standard InChI is InChI=1S/C29H29Cl4NO2/c1-18(11-19-5-3-2-4-6-19)29(36)34-16-22(12-20-7-9-24(30)26(32)14-20)28(35)23(17-34)13-21-8-10-25(31)27(33)15-21/h2-10,14-15,18,22-23,28,35H,11-13,16-17H2,1H3/t18-,22?,23?,28?/m0/s1. The van der Waals surface area contributed by atoms with Crippen LogP contribution >= 0.6 is 46.4 Å². The largest absolute Gasteiger partial charge is 0.392 e. The molecule has 0 aromatic heterocycles. The van der Waals surface area contributed by atoms with Crippen LogP contribution in [0.25, 0.3) is 0 Å². The van der Waals surface area contributed by atoms with E-state index in [1.165, 1.54) is 0 Å². The maximum atomic E-state index is 13.6. The minimum atomic E-state index is -0.595. The molecule has 0 aliphatic carbocycles. The molecule has 3 aromatic rings. The number of nitrogens with zero attached hydrogens (tertiary/aromatic N) is 1. The summed E-state index contributed by atoms with van der Waals surface area (Å²) in [7, 11) is 0. The van der Waals surface area contributed by atoms with E-state index in [9.17, 15) is 9.90 Å². The molecule has 1 N–H and O–H groups in total. The van der Waals surface area contributed by atoms with E-state index >= 15 is 0 Å². The van der Waals surface area contributed by atoms with E-state index in [1.807, 2.05) is 66.4 Å². The molecule has 36 heavy (non-hydrogen) atoms. The average molecular weight is 565 g/mol. The van der Waals surface area contributed by atoms with Crippen LogP contribution in [0.1, 0.15) is 23.6 Å². The van der Waals surface area contributed by atoms with Gasteiger partial charge in [0.05, 0.1) is 26.2 Å². The number of rotatable bonds is 7. The maximum Gasteiger partial charge on any atom is 0.225 e. The highest BCUT2D eigenvalue weighted by Crippen LogP contribution is 2.32. The SMILES string of the molecule is C[C@@H](Cc1ccccc1)C(=O)N1CC(Cc2ccc(Cl)c(Cl)c2)C(O)C(Cc2ccc(Cl)c(Cl)c2)C1. The summed E-state index contributed by atoms with van der Waals surface area (Å²) in [5, 5.41) is 13.4. The van der Waals surface area contributed by atoms with E-state index in [2.05, 4.69) is 0 Å². The molecule has 1 saturated heterocycles. The van der Waals surface area contributed by atoms with Crippen molar-refractivity contribution in [2.75, 3.05) is 13.1 Å². The zero-order valence-corrected chi connectivity index (χ0v) is 23.0. The second-order valence-corrected chi connectivity index (χ2v) is 11.4. The van der Waals surface area contributed by atoms with Gasteiger partial charge in [0, 0.05) is 30.8 Å². The van der Waals surface area contributed by atoms with Crippen LogP contribution < -0.4 is 0 Å². The first-order valence-corrected chi connectivity index (χ1v) is 13.6. The molecule has 1 amide bonds. The summed E-state index contributed by atoms with van der Waals surface area (Å²) in [6.07, 6.45) is 1.26. The molecule has 1 aliphatic heterocycles. The first kappa shape index (κ1) is 27.3. The summed E-state index contributed by atoms with van der Waals surface area (Å²) in [5.74, 6) is -0.351. The molecule has 3 atom stereocenters. The van der Waals surface area contributed by atoms with E-state index in [4.69, 9.17) is 46.4 Å². The van der Waals surface area contributed by atoms with Gasteiger partial charge in [0.15, 0.2) is 0 Å².